The predicted octanol–water partition coefficient (Wildman–Crippen LogP) is 2.96. The highest BCUT2D eigenvalue weighted by Crippen LogP contribution is 2.25. The van der Waals surface area contributed by atoms with Crippen LogP contribution in [-0.4, -0.2) is 31.7 Å². The molecule has 0 saturated heterocycles. The molecule has 10 heteroatoms. The Bertz CT molecular complexity index is 1110. The molecule has 1 aromatic heterocycles. The lowest BCUT2D eigenvalue weighted by molar-refractivity contribution is -0.149. The number of alkyl halides is 2. The molecule has 0 radical (unpaired) electrons. The van der Waals surface area contributed by atoms with Crippen molar-refractivity contribution in [2.75, 3.05) is 18.5 Å². The number of fused-ring (bicyclic) bond motifs is 1. The third-order valence-corrected chi connectivity index (χ3v) is 3.69. The van der Waals surface area contributed by atoms with E-state index in [0.717, 1.165) is 0 Å². The van der Waals surface area contributed by atoms with Gasteiger partial charge in [0.1, 0.15) is 17.1 Å². The van der Waals surface area contributed by atoms with E-state index in [2.05, 4.69) is 10.1 Å². The van der Waals surface area contributed by atoms with Gasteiger partial charge in [-0.1, -0.05) is 12.1 Å². The van der Waals surface area contributed by atoms with Crippen molar-refractivity contribution in [3.63, 3.8) is 0 Å². The van der Waals surface area contributed by atoms with Crippen LogP contribution in [0.1, 0.15) is 0 Å². The molecule has 3 rings (SSSR count). The first-order valence-electron chi connectivity index (χ1n) is 8.57. The number of carbonyl (C=O) groups excluding carboxylic acids is 2. The molecule has 0 saturated carbocycles. The Morgan fingerprint density at radius 1 is 1.03 bits per heavy atom. The van der Waals surface area contributed by atoms with Gasteiger partial charge in [0.05, 0.1) is 5.69 Å². The van der Waals surface area contributed by atoms with Crippen molar-refractivity contribution < 1.29 is 37.0 Å². The molecule has 1 N–H and O–H groups in total. The molecule has 0 spiro atoms. The fourth-order valence-corrected chi connectivity index (χ4v) is 2.42. The van der Waals surface area contributed by atoms with Gasteiger partial charge in [-0.15, -0.1) is 0 Å². The topological polar surface area (TPSA) is 104 Å². The Morgan fingerprint density at radius 2 is 1.80 bits per heavy atom. The van der Waals surface area contributed by atoms with E-state index < -0.39 is 37.3 Å². The quantitative estimate of drug-likeness (QED) is 0.442. The van der Waals surface area contributed by atoms with Crippen molar-refractivity contribution in [2.24, 2.45) is 0 Å². The molecule has 0 aliphatic heterocycles. The molecular formula is C20H15F2NO7. The van der Waals surface area contributed by atoms with Crippen molar-refractivity contribution in [3.05, 3.63) is 65.0 Å². The van der Waals surface area contributed by atoms with E-state index >= 15 is 0 Å². The summed E-state index contributed by atoms with van der Waals surface area (Å²) in [5.74, 6) is -1.55. The molecule has 1 heterocycles. The Hall–Kier alpha value is -3.95. The molecule has 156 valence electrons. The van der Waals surface area contributed by atoms with Gasteiger partial charge >= 0.3 is 18.2 Å². The van der Waals surface area contributed by atoms with Crippen molar-refractivity contribution in [1.82, 2.24) is 0 Å². The van der Waals surface area contributed by atoms with Gasteiger partial charge in [-0.2, -0.15) is 8.78 Å². The fourth-order valence-electron chi connectivity index (χ4n) is 2.42. The van der Waals surface area contributed by atoms with Crippen LogP contribution >= 0.6 is 0 Å². The fraction of sp³-hybridized carbons (Fsp3) is 0.150. The maximum Gasteiger partial charge on any atom is 0.387 e. The van der Waals surface area contributed by atoms with E-state index in [9.17, 15) is 23.2 Å². The molecule has 0 bridgehead atoms. The maximum absolute atomic E-state index is 12.4. The summed E-state index contributed by atoms with van der Waals surface area (Å²) in [6.07, 6.45) is 0. The second-order valence-corrected chi connectivity index (χ2v) is 5.83. The van der Waals surface area contributed by atoms with E-state index in [1.54, 1.807) is 18.2 Å². The number of hydrogen-bond donors (Lipinski definition) is 1. The van der Waals surface area contributed by atoms with Gasteiger partial charge in [-0.05, 0) is 30.3 Å². The Labute approximate surface area is 168 Å². The van der Waals surface area contributed by atoms with Crippen LogP contribution in [0.15, 0.2) is 63.8 Å². The van der Waals surface area contributed by atoms with Crippen molar-refractivity contribution in [1.29, 1.82) is 0 Å². The number of para-hydroxylation sites is 2. The minimum atomic E-state index is -3.05. The highest BCUT2D eigenvalue weighted by Gasteiger charge is 2.13. The molecule has 2 aromatic carbocycles. The number of benzene rings is 2. The third kappa shape index (κ3) is 5.77. The minimum absolute atomic E-state index is 0.00718. The zero-order valence-electron chi connectivity index (χ0n) is 15.3. The Morgan fingerprint density at radius 3 is 2.60 bits per heavy atom. The number of carbonyl (C=O) groups is 2. The van der Waals surface area contributed by atoms with Crippen LogP contribution < -0.4 is 20.4 Å². The van der Waals surface area contributed by atoms with Gasteiger partial charge in [0.25, 0.3) is 5.91 Å². The van der Waals surface area contributed by atoms with Crippen LogP contribution in [0.5, 0.6) is 11.5 Å². The molecule has 0 unspecified atom stereocenters. The summed E-state index contributed by atoms with van der Waals surface area (Å²) in [5.41, 5.74) is -0.226. The summed E-state index contributed by atoms with van der Waals surface area (Å²) < 4.78 is 44.1. The number of amides is 1. The van der Waals surface area contributed by atoms with Gasteiger partial charge in [0.15, 0.2) is 13.2 Å². The van der Waals surface area contributed by atoms with Crippen LogP contribution in [0.2, 0.25) is 0 Å². The van der Waals surface area contributed by atoms with E-state index in [4.69, 9.17) is 13.9 Å². The zero-order valence-corrected chi connectivity index (χ0v) is 15.3. The minimum Gasteiger partial charge on any atom is -0.482 e. The number of halogens is 2. The summed E-state index contributed by atoms with van der Waals surface area (Å²) in [6, 6.07) is 13.1. The highest BCUT2D eigenvalue weighted by atomic mass is 19.3. The first-order valence-corrected chi connectivity index (χ1v) is 8.57. The van der Waals surface area contributed by atoms with Crippen LogP contribution in [0, 0.1) is 0 Å². The monoisotopic (exact) mass is 419 g/mol. The maximum atomic E-state index is 12.4. The molecule has 30 heavy (non-hydrogen) atoms. The number of anilines is 1. The average Bonchev–Trinajstić information content (AvgIpc) is 2.71. The first-order chi connectivity index (χ1) is 14.4. The molecule has 3 aromatic rings. The van der Waals surface area contributed by atoms with Crippen molar-refractivity contribution in [3.8, 4) is 11.5 Å². The van der Waals surface area contributed by atoms with Gasteiger partial charge < -0.3 is 23.9 Å². The lowest BCUT2D eigenvalue weighted by Crippen LogP contribution is -2.24. The number of hydrogen-bond acceptors (Lipinski definition) is 7. The smallest absolute Gasteiger partial charge is 0.387 e. The lowest BCUT2D eigenvalue weighted by Gasteiger charge is -2.12. The van der Waals surface area contributed by atoms with Gasteiger partial charge in [0.2, 0.25) is 0 Å². The third-order valence-electron chi connectivity index (χ3n) is 3.69. The second-order valence-electron chi connectivity index (χ2n) is 5.83. The largest absolute Gasteiger partial charge is 0.482 e. The predicted molar refractivity (Wildman–Crippen MR) is 101 cm³/mol. The number of rotatable bonds is 8. The molecule has 1 amide bonds. The van der Waals surface area contributed by atoms with Crippen LogP contribution in [0.25, 0.3) is 11.0 Å². The van der Waals surface area contributed by atoms with E-state index in [-0.39, 0.29) is 22.8 Å². The van der Waals surface area contributed by atoms with Crippen molar-refractivity contribution in [2.45, 2.75) is 6.61 Å². The average molecular weight is 419 g/mol. The normalized spacial score (nSPS) is 10.6. The van der Waals surface area contributed by atoms with Crippen molar-refractivity contribution >= 4 is 28.5 Å². The van der Waals surface area contributed by atoms with Crippen LogP contribution in [0.3, 0.4) is 0 Å². The zero-order chi connectivity index (χ0) is 21.5. The van der Waals surface area contributed by atoms with Gasteiger partial charge in [-0.25, -0.2) is 9.59 Å². The summed E-state index contributed by atoms with van der Waals surface area (Å²) in [7, 11) is 0. The van der Waals surface area contributed by atoms with E-state index in [0.29, 0.717) is 5.39 Å². The summed E-state index contributed by atoms with van der Waals surface area (Å²) in [5, 5.41) is 2.99. The lowest BCUT2D eigenvalue weighted by atomic mass is 10.2. The Balaban J connectivity index is 1.49. The van der Waals surface area contributed by atoms with Crippen LogP contribution in [0.4, 0.5) is 14.5 Å². The molecule has 0 aliphatic carbocycles. The molecule has 0 fully saturated rings. The highest BCUT2D eigenvalue weighted by molar-refractivity contribution is 5.94. The summed E-state index contributed by atoms with van der Waals surface area (Å²) >= 11 is 0. The first kappa shape index (κ1) is 20.8. The number of nitrogens with one attached hydrogen (secondary N) is 1. The second kappa shape index (κ2) is 9.50. The summed E-state index contributed by atoms with van der Waals surface area (Å²) in [4.78, 5) is 34.9. The SMILES string of the molecule is O=C(COC(=O)COc1ccc2ccc(=O)oc2c1)Nc1ccccc1OC(F)F. The number of esters is 1. The molecule has 0 atom stereocenters. The van der Waals surface area contributed by atoms with E-state index in [1.165, 1.54) is 36.4 Å². The van der Waals surface area contributed by atoms with Crippen LogP contribution in [-0.2, 0) is 14.3 Å². The molecule has 8 nitrogen and oxygen atoms in total. The molecule has 0 aliphatic rings. The Kier molecular flexibility index (Phi) is 6.58. The van der Waals surface area contributed by atoms with Gasteiger partial charge in [-0.3, -0.25) is 4.79 Å². The van der Waals surface area contributed by atoms with Gasteiger partial charge in [0, 0.05) is 17.5 Å². The molecular weight excluding hydrogens is 404 g/mol. The number of ether oxygens (including phenoxy) is 3. The van der Waals surface area contributed by atoms with E-state index in [1.807, 2.05) is 0 Å². The standard InChI is InChI=1S/C20H15F2NO7/c21-20(22)30-15-4-2-1-3-14(15)23-17(24)10-28-19(26)11-27-13-7-5-12-6-8-18(25)29-16(12)9-13/h1-9,20H,10-11H2,(H,23,24). The summed E-state index contributed by atoms with van der Waals surface area (Å²) in [6.45, 7) is -4.21.